The summed E-state index contributed by atoms with van der Waals surface area (Å²) in [7, 11) is 1.73. The van der Waals surface area contributed by atoms with E-state index in [2.05, 4.69) is 32.3 Å². The van der Waals surface area contributed by atoms with E-state index >= 15 is 0 Å². The van der Waals surface area contributed by atoms with Crippen molar-refractivity contribution in [1.29, 1.82) is 0 Å². The van der Waals surface area contributed by atoms with Gasteiger partial charge in [-0.1, -0.05) is 18.2 Å². The maximum atomic E-state index is 5.50. The van der Waals surface area contributed by atoms with E-state index in [1.54, 1.807) is 13.3 Å². The number of methoxy groups -OCH3 is 1. The van der Waals surface area contributed by atoms with Crippen LogP contribution in [0.1, 0.15) is 17.4 Å². The number of nitrogens with zero attached hydrogens (tertiary/aromatic N) is 2. The summed E-state index contributed by atoms with van der Waals surface area (Å²) in [5, 5.41) is 3.47. The molecule has 1 fully saturated rings. The van der Waals surface area contributed by atoms with Gasteiger partial charge in [0.1, 0.15) is 11.6 Å². The van der Waals surface area contributed by atoms with E-state index < -0.39 is 0 Å². The predicted molar refractivity (Wildman–Crippen MR) is 77.6 cm³/mol. The fraction of sp³-hybridized carbons (Fsp3) is 0.400. The summed E-state index contributed by atoms with van der Waals surface area (Å²) in [6, 6.07) is 8.55. The lowest BCUT2D eigenvalue weighted by molar-refractivity contribution is 0.147. The molecule has 1 saturated heterocycles. The van der Waals surface area contributed by atoms with Crippen molar-refractivity contribution in [2.45, 2.75) is 12.6 Å². The van der Waals surface area contributed by atoms with Crippen molar-refractivity contribution in [3.63, 3.8) is 0 Å². The molecule has 1 atom stereocenters. The number of piperazine rings is 1. The molecule has 0 bridgehead atoms. The number of imidazole rings is 1. The number of ether oxygens (including phenoxy) is 1. The molecular weight excluding hydrogens is 252 g/mol. The minimum Gasteiger partial charge on any atom is -0.496 e. The van der Waals surface area contributed by atoms with E-state index in [4.69, 9.17) is 4.74 Å². The highest BCUT2D eigenvalue weighted by Gasteiger charge is 2.26. The number of nitrogens with one attached hydrogen (secondary N) is 2. The van der Waals surface area contributed by atoms with Crippen molar-refractivity contribution in [3.8, 4) is 5.75 Å². The van der Waals surface area contributed by atoms with Gasteiger partial charge in [-0.25, -0.2) is 4.98 Å². The Bertz CT molecular complexity index is 541. The highest BCUT2D eigenvalue weighted by Crippen LogP contribution is 2.30. The van der Waals surface area contributed by atoms with Crippen molar-refractivity contribution in [2.24, 2.45) is 0 Å². The van der Waals surface area contributed by atoms with Gasteiger partial charge in [0.25, 0.3) is 0 Å². The first-order chi connectivity index (χ1) is 9.88. The van der Waals surface area contributed by atoms with Gasteiger partial charge in [0.2, 0.25) is 0 Å². The molecule has 1 aliphatic heterocycles. The molecule has 5 heteroatoms. The molecule has 0 unspecified atom stereocenters. The van der Waals surface area contributed by atoms with Crippen LogP contribution in [0.4, 0.5) is 0 Å². The quantitative estimate of drug-likeness (QED) is 0.887. The largest absolute Gasteiger partial charge is 0.496 e. The second-order valence-electron chi connectivity index (χ2n) is 4.97. The first kappa shape index (κ1) is 13.1. The first-order valence-electron chi connectivity index (χ1n) is 6.94. The molecule has 0 radical (unpaired) electrons. The summed E-state index contributed by atoms with van der Waals surface area (Å²) in [6.07, 6.45) is 3.67. The van der Waals surface area contributed by atoms with E-state index in [1.165, 1.54) is 5.56 Å². The van der Waals surface area contributed by atoms with Crippen molar-refractivity contribution >= 4 is 0 Å². The standard InChI is InChI=1S/C15H20N4O/c1-20-14-5-3-2-4-12(14)13-10-16-8-9-19(13)11-15-17-6-7-18-15/h2-7,13,16H,8-11H2,1H3,(H,17,18)/t13-/m1/s1. The molecule has 0 amide bonds. The second-order valence-corrected chi connectivity index (χ2v) is 4.97. The smallest absolute Gasteiger partial charge is 0.123 e. The topological polar surface area (TPSA) is 53.2 Å². The van der Waals surface area contributed by atoms with Crippen LogP contribution >= 0.6 is 0 Å². The molecule has 2 aromatic rings. The van der Waals surface area contributed by atoms with Crippen LogP contribution in [-0.4, -0.2) is 41.6 Å². The Morgan fingerprint density at radius 3 is 3.10 bits per heavy atom. The van der Waals surface area contributed by atoms with Gasteiger partial charge in [-0.15, -0.1) is 0 Å². The zero-order valence-electron chi connectivity index (χ0n) is 11.7. The summed E-state index contributed by atoms with van der Waals surface area (Å²) in [5.74, 6) is 1.96. The molecule has 1 aromatic carbocycles. The lowest BCUT2D eigenvalue weighted by Gasteiger charge is -2.36. The molecule has 1 aromatic heterocycles. The summed E-state index contributed by atoms with van der Waals surface area (Å²) in [4.78, 5) is 9.95. The molecule has 1 aliphatic rings. The summed E-state index contributed by atoms with van der Waals surface area (Å²) in [6.45, 7) is 3.77. The van der Waals surface area contributed by atoms with Crippen LogP contribution in [0.25, 0.3) is 0 Å². The zero-order valence-corrected chi connectivity index (χ0v) is 11.7. The van der Waals surface area contributed by atoms with Gasteiger partial charge >= 0.3 is 0 Å². The molecule has 0 saturated carbocycles. The monoisotopic (exact) mass is 272 g/mol. The minimum absolute atomic E-state index is 0.310. The number of aromatic amines is 1. The fourth-order valence-corrected chi connectivity index (χ4v) is 2.76. The lowest BCUT2D eigenvalue weighted by Crippen LogP contribution is -2.45. The molecule has 5 nitrogen and oxygen atoms in total. The van der Waals surface area contributed by atoms with E-state index in [-0.39, 0.29) is 0 Å². The third-order valence-electron chi connectivity index (χ3n) is 3.76. The van der Waals surface area contributed by atoms with Crippen molar-refractivity contribution in [3.05, 3.63) is 48.0 Å². The predicted octanol–water partition coefficient (Wildman–Crippen LogP) is 1.56. The summed E-state index contributed by atoms with van der Waals surface area (Å²) >= 11 is 0. The van der Waals surface area contributed by atoms with Crippen molar-refractivity contribution in [1.82, 2.24) is 20.2 Å². The van der Waals surface area contributed by atoms with Gasteiger partial charge < -0.3 is 15.0 Å². The van der Waals surface area contributed by atoms with Crippen LogP contribution < -0.4 is 10.1 Å². The van der Waals surface area contributed by atoms with Crippen LogP contribution in [0.3, 0.4) is 0 Å². The maximum absolute atomic E-state index is 5.50. The Morgan fingerprint density at radius 2 is 2.30 bits per heavy atom. The number of rotatable bonds is 4. The van der Waals surface area contributed by atoms with Gasteiger partial charge in [0.05, 0.1) is 19.7 Å². The number of hydrogen-bond donors (Lipinski definition) is 2. The van der Waals surface area contributed by atoms with Crippen molar-refractivity contribution < 1.29 is 4.74 Å². The Hall–Kier alpha value is -1.85. The van der Waals surface area contributed by atoms with Gasteiger partial charge in [0, 0.05) is 37.6 Å². The number of benzene rings is 1. The average Bonchev–Trinajstić information content (AvgIpc) is 3.01. The molecule has 3 rings (SSSR count). The Labute approximate surface area is 119 Å². The summed E-state index contributed by atoms with van der Waals surface area (Å²) < 4.78 is 5.50. The van der Waals surface area contributed by atoms with Crippen LogP contribution in [0.15, 0.2) is 36.7 Å². The molecule has 0 spiro atoms. The number of para-hydroxylation sites is 1. The van der Waals surface area contributed by atoms with E-state index in [9.17, 15) is 0 Å². The number of aromatic nitrogens is 2. The van der Waals surface area contributed by atoms with Crippen LogP contribution in [0.5, 0.6) is 5.75 Å². The fourth-order valence-electron chi connectivity index (χ4n) is 2.76. The molecule has 0 aliphatic carbocycles. The van der Waals surface area contributed by atoms with E-state index in [1.807, 2.05) is 18.3 Å². The van der Waals surface area contributed by atoms with Crippen molar-refractivity contribution in [2.75, 3.05) is 26.7 Å². The van der Waals surface area contributed by atoms with Gasteiger partial charge in [-0.2, -0.15) is 0 Å². The SMILES string of the molecule is COc1ccccc1[C@H]1CNCCN1Cc1ncc[nH]1. The highest BCUT2D eigenvalue weighted by atomic mass is 16.5. The lowest BCUT2D eigenvalue weighted by atomic mass is 10.0. The third-order valence-corrected chi connectivity index (χ3v) is 3.76. The van der Waals surface area contributed by atoms with Crippen LogP contribution in [0.2, 0.25) is 0 Å². The first-order valence-corrected chi connectivity index (χ1v) is 6.94. The second kappa shape index (κ2) is 6.07. The molecular formula is C15H20N4O. The Balaban J connectivity index is 1.84. The number of hydrogen-bond acceptors (Lipinski definition) is 4. The van der Waals surface area contributed by atoms with E-state index in [0.717, 1.165) is 37.8 Å². The molecule has 20 heavy (non-hydrogen) atoms. The van der Waals surface area contributed by atoms with Gasteiger partial charge in [-0.05, 0) is 6.07 Å². The molecule has 2 N–H and O–H groups in total. The minimum atomic E-state index is 0.310. The van der Waals surface area contributed by atoms with E-state index in [0.29, 0.717) is 6.04 Å². The third kappa shape index (κ3) is 2.69. The Kier molecular flexibility index (Phi) is 3.99. The zero-order chi connectivity index (χ0) is 13.8. The highest BCUT2D eigenvalue weighted by molar-refractivity contribution is 5.36. The van der Waals surface area contributed by atoms with Crippen LogP contribution in [-0.2, 0) is 6.54 Å². The van der Waals surface area contributed by atoms with Crippen LogP contribution in [0, 0.1) is 0 Å². The maximum Gasteiger partial charge on any atom is 0.123 e. The average molecular weight is 272 g/mol. The molecule has 106 valence electrons. The normalized spacial score (nSPS) is 19.9. The summed E-state index contributed by atoms with van der Waals surface area (Å²) in [5.41, 5.74) is 1.23. The number of H-pyrrole nitrogens is 1. The van der Waals surface area contributed by atoms with Gasteiger partial charge in [0.15, 0.2) is 0 Å². The Morgan fingerprint density at radius 1 is 1.40 bits per heavy atom. The molecule has 2 heterocycles. The van der Waals surface area contributed by atoms with Gasteiger partial charge in [-0.3, -0.25) is 4.90 Å².